The van der Waals surface area contributed by atoms with Crippen LogP contribution in [0.4, 0.5) is 4.39 Å². The van der Waals surface area contributed by atoms with Gasteiger partial charge in [-0.05, 0) is 50.1 Å². The Balaban J connectivity index is 1.43. The molecule has 11 heteroatoms. The number of carbonyl (C=O) groups is 2. The van der Waals surface area contributed by atoms with Crippen LogP contribution in [0.2, 0.25) is 0 Å². The second-order valence-corrected chi connectivity index (χ2v) is 10.2. The molecule has 0 unspecified atom stereocenters. The molecule has 0 radical (unpaired) electrons. The highest BCUT2D eigenvalue weighted by Crippen LogP contribution is 2.28. The lowest BCUT2D eigenvalue weighted by Gasteiger charge is -2.46. The number of hydrogen-bond donors (Lipinski definition) is 0. The maximum atomic E-state index is 13.6. The summed E-state index contributed by atoms with van der Waals surface area (Å²) in [6, 6.07) is 8.07. The Hall–Kier alpha value is -4.15. The fourth-order valence-electron chi connectivity index (χ4n) is 4.65. The van der Waals surface area contributed by atoms with Crippen molar-refractivity contribution < 1.29 is 18.4 Å². The number of amides is 2. The van der Waals surface area contributed by atoms with Crippen LogP contribution in [0.25, 0.3) is 16.9 Å². The van der Waals surface area contributed by atoms with Gasteiger partial charge >= 0.3 is 11.8 Å². The van der Waals surface area contributed by atoms with E-state index in [1.165, 1.54) is 12.1 Å². The van der Waals surface area contributed by atoms with Crippen molar-refractivity contribution in [3.63, 3.8) is 0 Å². The van der Waals surface area contributed by atoms with E-state index in [0.29, 0.717) is 36.9 Å². The zero-order valence-electron chi connectivity index (χ0n) is 21.4. The van der Waals surface area contributed by atoms with E-state index in [9.17, 15) is 14.0 Å². The van der Waals surface area contributed by atoms with Crippen LogP contribution in [-0.2, 0) is 0 Å². The molecule has 1 aliphatic rings. The largest absolute Gasteiger partial charge is 0.417 e. The topological polar surface area (TPSA) is 110 Å². The lowest BCUT2D eigenvalue weighted by molar-refractivity contribution is 0.0150. The van der Waals surface area contributed by atoms with Crippen LogP contribution < -0.4 is 0 Å². The molecule has 1 saturated heterocycles. The van der Waals surface area contributed by atoms with Gasteiger partial charge in [0.05, 0.1) is 17.4 Å². The van der Waals surface area contributed by atoms with Crippen LogP contribution in [0.1, 0.15) is 66.2 Å². The molecule has 10 nitrogen and oxygen atoms in total. The molecule has 0 aliphatic carbocycles. The highest BCUT2D eigenvalue weighted by molar-refractivity contribution is 5.94. The van der Waals surface area contributed by atoms with Crippen molar-refractivity contribution in [2.24, 2.45) is 0 Å². The van der Waals surface area contributed by atoms with Crippen molar-refractivity contribution in [3.8, 4) is 11.3 Å². The van der Waals surface area contributed by atoms with Crippen LogP contribution in [0.5, 0.6) is 0 Å². The van der Waals surface area contributed by atoms with Gasteiger partial charge in [0.2, 0.25) is 5.89 Å². The number of benzene rings is 1. The van der Waals surface area contributed by atoms with Gasteiger partial charge in [-0.2, -0.15) is 5.10 Å². The summed E-state index contributed by atoms with van der Waals surface area (Å²) < 4.78 is 20.3. The molecule has 37 heavy (non-hydrogen) atoms. The van der Waals surface area contributed by atoms with Crippen LogP contribution in [0.3, 0.4) is 0 Å². The standard InChI is InChI=1S/C26H28FN7O3/c1-15(2)19-12-20(17-6-8-18(27)9-7-17)31-34-13-21(28-22(19)34)24(35)33-11-10-32(14-26(33,4)5)25(36)23-30-29-16(3)37-23/h6-9,12-13,15H,10-11,14H2,1-5H3. The molecule has 0 saturated carbocycles. The van der Waals surface area contributed by atoms with Gasteiger partial charge in [0.15, 0.2) is 5.65 Å². The van der Waals surface area contributed by atoms with Gasteiger partial charge < -0.3 is 14.2 Å². The summed E-state index contributed by atoms with van der Waals surface area (Å²) >= 11 is 0. The number of rotatable bonds is 4. The second kappa shape index (κ2) is 9.06. The summed E-state index contributed by atoms with van der Waals surface area (Å²) in [4.78, 5) is 34.5. The van der Waals surface area contributed by atoms with Gasteiger partial charge in [-0.3, -0.25) is 9.59 Å². The summed E-state index contributed by atoms with van der Waals surface area (Å²) in [6.45, 7) is 10.5. The monoisotopic (exact) mass is 505 g/mol. The zero-order chi connectivity index (χ0) is 26.5. The minimum atomic E-state index is -0.663. The lowest BCUT2D eigenvalue weighted by atomic mass is 9.98. The SMILES string of the molecule is Cc1nnc(C(=O)N2CCN(C(=O)c3cn4nc(-c5ccc(F)cc5)cc(C(C)C)c4n3)C(C)(C)C2)o1. The number of aryl methyl sites for hydroxylation is 1. The van der Waals surface area contributed by atoms with E-state index >= 15 is 0 Å². The van der Waals surface area contributed by atoms with Gasteiger partial charge in [0.1, 0.15) is 11.5 Å². The summed E-state index contributed by atoms with van der Waals surface area (Å²) in [7, 11) is 0. The van der Waals surface area contributed by atoms with Crippen LogP contribution in [-0.4, -0.2) is 71.6 Å². The predicted molar refractivity (Wildman–Crippen MR) is 133 cm³/mol. The molecule has 0 spiro atoms. The first kappa shape index (κ1) is 24.5. The quantitative estimate of drug-likeness (QED) is 0.416. The number of fused-ring (bicyclic) bond motifs is 1. The number of hydrogen-bond acceptors (Lipinski definition) is 7. The molecule has 2 amide bonds. The maximum Gasteiger partial charge on any atom is 0.311 e. The van der Waals surface area contributed by atoms with Gasteiger partial charge in [0.25, 0.3) is 5.91 Å². The normalized spacial score (nSPS) is 15.5. The molecule has 0 atom stereocenters. The number of imidazole rings is 1. The minimum absolute atomic E-state index is 0.0577. The van der Waals surface area contributed by atoms with Gasteiger partial charge in [-0.15, -0.1) is 10.2 Å². The molecule has 4 aromatic rings. The average Bonchev–Trinajstić information content (AvgIpc) is 3.48. The van der Waals surface area contributed by atoms with Crippen molar-refractivity contribution in [2.45, 2.75) is 46.1 Å². The first-order chi connectivity index (χ1) is 17.5. The van der Waals surface area contributed by atoms with Crippen molar-refractivity contribution in [2.75, 3.05) is 19.6 Å². The summed E-state index contributed by atoms with van der Waals surface area (Å²) in [5, 5.41) is 12.2. The Morgan fingerprint density at radius 3 is 2.43 bits per heavy atom. The summed E-state index contributed by atoms with van der Waals surface area (Å²) in [6.07, 6.45) is 1.63. The van der Waals surface area contributed by atoms with Crippen molar-refractivity contribution in [1.29, 1.82) is 0 Å². The van der Waals surface area contributed by atoms with E-state index in [4.69, 9.17) is 4.42 Å². The third-order valence-electron chi connectivity index (χ3n) is 6.58. The first-order valence-corrected chi connectivity index (χ1v) is 12.1. The molecular formula is C26H28FN7O3. The Labute approximate surface area is 213 Å². The fourth-order valence-corrected chi connectivity index (χ4v) is 4.65. The maximum absolute atomic E-state index is 13.6. The van der Waals surface area contributed by atoms with Crippen molar-refractivity contribution >= 4 is 17.5 Å². The average molecular weight is 506 g/mol. The highest BCUT2D eigenvalue weighted by Gasteiger charge is 2.40. The number of carbonyl (C=O) groups excluding carboxylic acids is 2. The summed E-state index contributed by atoms with van der Waals surface area (Å²) in [5.41, 5.74) is 2.57. The molecule has 1 fully saturated rings. The van der Waals surface area contributed by atoms with Crippen LogP contribution >= 0.6 is 0 Å². The van der Waals surface area contributed by atoms with Crippen molar-refractivity contribution in [1.82, 2.24) is 34.6 Å². The minimum Gasteiger partial charge on any atom is -0.417 e. The van der Waals surface area contributed by atoms with Crippen LogP contribution in [0, 0.1) is 12.7 Å². The predicted octanol–water partition coefficient (Wildman–Crippen LogP) is 3.73. The van der Waals surface area contributed by atoms with E-state index < -0.39 is 5.54 Å². The third kappa shape index (κ3) is 4.56. The second-order valence-electron chi connectivity index (χ2n) is 10.2. The molecule has 3 aromatic heterocycles. The molecule has 5 rings (SSSR count). The Morgan fingerprint density at radius 2 is 1.81 bits per heavy atom. The number of nitrogens with zero attached hydrogens (tertiary/aromatic N) is 7. The number of aromatic nitrogens is 5. The van der Waals surface area contributed by atoms with E-state index in [0.717, 1.165) is 11.1 Å². The smallest absolute Gasteiger partial charge is 0.311 e. The molecule has 0 bridgehead atoms. The summed E-state index contributed by atoms with van der Waals surface area (Å²) in [5.74, 6) is -0.532. The third-order valence-corrected chi connectivity index (χ3v) is 6.58. The van der Waals surface area contributed by atoms with E-state index in [1.807, 2.05) is 33.8 Å². The Morgan fingerprint density at radius 1 is 1.08 bits per heavy atom. The molecule has 0 N–H and O–H groups in total. The number of halogens is 1. The van der Waals surface area contributed by atoms with Crippen molar-refractivity contribution in [3.05, 3.63) is 65.4 Å². The molecule has 192 valence electrons. The molecule has 1 aromatic carbocycles. The van der Waals surface area contributed by atoms with Gasteiger partial charge in [-0.25, -0.2) is 13.9 Å². The number of piperazine rings is 1. The molecule has 1 aliphatic heterocycles. The zero-order valence-corrected chi connectivity index (χ0v) is 21.4. The first-order valence-electron chi connectivity index (χ1n) is 12.1. The fraction of sp³-hybridized carbons (Fsp3) is 0.385. The van der Waals surface area contributed by atoms with E-state index in [2.05, 4.69) is 20.3 Å². The molecule has 4 heterocycles. The van der Waals surface area contributed by atoms with E-state index in [-0.39, 0.29) is 35.1 Å². The Bertz CT molecular complexity index is 1490. The Kier molecular flexibility index (Phi) is 6.01. The van der Waals surface area contributed by atoms with Gasteiger partial charge in [-0.1, -0.05) is 13.8 Å². The molecular weight excluding hydrogens is 477 g/mol. The highest BCUT2D eigenvalue weighted by atomic mass is 19.1. The van der Waals surface area contributed by atoms with E-state index in [1.54, 1.807) is 39.6 Å². The van der Waals surface area contributed by atoms with Crippen LogP contribution in [0.15, 0.2) is 40.9 Å². The van der Waals surface area contributed by atoms with Gasteiger partial charge in [0, 0.05) is 37.7 Å². The lowest BCUT2D eigenvalue weighted by Crippen LogP contribution is -2.62.